The highest BCUT2D eigenvalue weighted by molar-refractivity contribution is 5.93. The monoisotopic (exact) mass is 354 g/mol. The summed E-state index contributed by atoms with van der Waals surface area (Å²) in [5.41, 5.74) is 2.89. The van der Waals surface area contributed by atoms with E-state index in [0.29, 0.717) is 5.76 Å². The average Bonchev–Trinajstić information content (AvgIpc) is 3.26. The lowest BCUT2D eigenvalue weighted by Crippen LogP contribution is -2.28. The molecule has 2 heterocycles. The quantitative estimate of drug-likeness (QED) is 0.735. The number of carbonyl (C=O) groups is 1. The maximum atomic E-state index is 12.6. The standard InChI is InChI=1S/C19H22N4O3/c1-5-16(13-6-8-14(25-4)9-7-13)20-19(24)17-10-18(26-22-17)15-11-23(3)21-12(15)2/h6-11,16H,5H2,1-4H3,(H,20,24). The van der Waals surface area contributed by atoms with E-state index in [9.17, 15) is 4.79 Å². The second-order valence-electron chi connectivity index (χ2n) is 6.09. The van der Waals surface area contributed by atoms with Crippen LogP contribution in [0.3, 0.4) is 0 Å². The number of rotatable bonds is 6. The maximum absolute atomic E-state index is 12.6. The van der Waals surface area contributed by atoms with Gasteiger partial charge in [0.2, 0.25) is 0 Å². The van der Waals surface area contributed by atoms with Crippen LogP contribution in [0, 0.1) is 6.92 Å². The fraction of sp³-hybridized carbons (Fsp3) is 0.316. The minimum Gasteiger partial charge on any atom is -0.497 e. The Bertz CT molecular complexity index is 896. The first kappa shape index (κ1) is 17.7. The molecule has 0 saturated carbocycles. The first-order valence-corrected chi connectivity index (χ1v) is 8.44. The Kier molecular flexibility index (Phi) is 5.06. The van der Waals surface area contributed by atoms with Gasteiger partial charge in [0, 0.05) is 19.3 Å². The van der Waals surface area contributed by atoms with Crippen molar-refractivity contribution in [3.05, 3.63) is 53.5 Å². The number of hydrogen-bond acceptors (Lipinski definition) is 5. The summed E-state index contributed by atoms with van der Waals surface area (Å²) in [6.07, 6.45) is 2.59. The molecule has 1 N–H and O–H groups in total. The van der Waals surface area contributed by atoms with E-state index in [1.165, 1.54) is 0 Å². The van der Waals surface area contributed by atoms with Crippen LogP contribution in [0.25, 0.3) is 11.3 Å². The van der Waals surface area contributed by atoms with Crippen molar-refractivity contribution in [2.45, 2.75) is 26.3 Å². The molecule has 1 aromatic carbocycles. The molecule has 2 aromatic heterocycles. The van der Waals surface area contributed by atoms with Crippen molar-refractivity contribution in [1.82, 2.24) is 20.3 Å². The summed E-state index contributed by atoms with van der Waals surface area (Å²) >= 11 is 0. The lowest BCUT2D eigenvalue weighted by Gasteiger charge is -2.17. The van der Waals surface area contributed by atoms with Gasteiger partial charge in [-0.05, 0) is 31.0 Å². The molecule has 0 saturated heterocycles. The van der Waals surface area contributed by atoms with Crippen molar-refractivity contribution < 1.29 is 14.1 Å². The Labute approximate surface area is 151 Å². The van der Waals surface area contributed by atoms with Crippen LogP contribution >= 0.6 is 0 Å². The van der Waals surface area contributed by atoms with E-state index in [1.54, 1.807) is 17.9 Å². The van der Waals surface area contributed by atoms with Crippen LogP contribution in [0.15, 0.2) is 41.1 Å². The van der Waals surface area contributed by atoms with Gasteiger partial charge in [0.05, 0.1) is 24.4 Å². The third kappa shape index (κ3) is 3.61. The molecular weight excluding hydrogens is 332 g/mol. The second-order valence-corrected chi connectivity index (χ2v) is 6.09. The van der Waals surface area contributed by atoms with E-state index in [-0.39, 0.29) is 17.6 Å². The summed E-state index contributed by atoms with van der Waals surface area (Å²) in [6.45, 7) is 3.90. The van der Waals surface area contributed by atoms with Crippen molar-refractivity contribution in [1.29, 1.82) is 0 Å². The molecule has 7 heteroatoms. The van der Waals surface area contributed by atoms with E-state index in [4.69, 9.17) is 9.26 Å². The highest BCUT2D eigenvalue weighted by Gasteiger charge is 2.19. The number of benzene rings is 1. The summed E-state index contributed by atoms with van der Waals surface area (Å²) in [6, 6.07) is 9.17. The number of nitrogens with zero attached hydrogens (tertiary/aromatic N) is 3. The number of carbonyl (C=O) groups excluding carboxylic acids is 1. The van der Waals surface area contributed by atoms with Crippen molar-refractivity contribution in [3.63, 3.8) is 0 Å². The number of aryl methyl sites for hydroxylation is 2. The Morgan fingerprint density at radius 2 is 2.08 bits per heavy atom. The minimum atomic E-state index is -0.274. The number of ether oxygens (including phenoxy) is 1. The van der Waals surface area contributed by atoms with Crippen LogP contribution < -0.4 is 10.1 Å². The maximum Gasteiger partial charge on any atom is 0.273 e. The van der Waals surface area contributed by atoms with Gasteiger partial charge in [0.1, 0.15) is 5.75 Å². The van der Waals surface area contributed by atoms with Gasteiger partial charge in [-0.15, -0.1) is 0 Å². The zero-order valence-electron chi connectivity index (χ0n) is 15.3. The Balaban J connectivity index is 1.75. The molecule has 0 aliphatic carbocycles. The SMILES string of the molecule is CCC(NC(=O)c1cc(-c2cn(C)nc2C)on1)c1ccc(OC)cc1. The molecule has 0 aliphatic heterocycles. The molecule has 1 unspecified atom stereocenters. The summed E-state index contributed by atoms with van der Waals surface area (Å²) in [5, 5.41) is 11.2. The van der Waals surface area contributed by atoms with Crippen LogP contribution in [0.5, 0.6) is 5.75 Å². The van der Waals surface area contributed by atoms with Crippen LogP contribution in [-0.4, -0.2) is 28.0 Å². The molecule has 0 radical (unpaired) electrons. The summed E-state index contributed by atoms with van der Waals surface area (Å²) < 4.78 is 12.2. The van der Waals surface area contributed by atoms with Gasteiger partial charge in [-0.2, -0.15) is 5.10 Å². The van der Waals surface area contributed by atoms with Crippen LogP contribution in [-0.2, 0) is 7.05 Å². The molecule has 0 aliphatic rings. The smallest absolute Gasteiger partial charge is 0.273 e. The second kappa shape index (κ2) is 7.43. The van der Waals surface area contributed by atoms with Gasteiger partial charge in [-0.1, -0.05) is 24.2 Å². The van der Waals surface area contributed by atoms with Gasteiger partial charge in [0.15, 0.2) is 11.5 Å². The van der Waals surface area contributed by atoms with Gasteiger partial charge >= 0.3 is 0 Å². The average molecular weight is 354 g/mol. The van der Waals surface area contributed by atoms with Crippen molar-refractivity contribution in [3.8, 4) is 17.1 Å². The number of amides is 1. The fourth-order valence-corrected chi connectivity index (χ4v) is 2.84. The first-order valence-electron chi connectivity index (χ1n) is 8.44. The normalized spacial score (nSPS) is 12.0. The van der Waals surface area contributed by atoms with E-state index in [2.05, 4.69) is 15.6 Å². The van der Waals surface area contributed by atoms with E-state index in [1.807, 2.05) is 51.4 Å². The number of methoxy groups -OCH3 is 1. The van der Waals surface area contributed by atoms with Crippen molar-refractivity contribution in [2.75, 3.05) is 7.11 Å². The van der Waals surface area contributed by atoms with E-state index in [0.717, 1.165) is 29.0 Å². The molecule has 3 aromatic rings. The number of hydrogen-bond donors (Lipinski definition) is 1. The molecule has 1 amide bonds. The Hall–Kier alpha value is -3.09. The molecule has 1 atom stereocenters. The van der Waals surface area contributed by atoms with Gasteiger partial charge in [-0.25, -0.2) is 0 Å². The molecule has 0 bridgehead atoms. The number of nitrogens with one attached hydrogen (secondary N) is 1. The van der Waals surface area contributed by atoms with E-state index >= 15 is 0 Å². The summed E-state index contributed by atoms with van der Waals surface area (Å²) in [7, 11) is 3.46. The fourth-order valence-electron chi connectivity index (χ4n) is 2.84. The highest BCUT2D eigenvalue weighted by atomic mass is 16.5. The molecule has 136 valence electrons. The largest absolute Gasteiger partial charge is 0.497 e. The minimum absolute atomic E-state index is 0.117. The van der Waals surface area contributed by atoms with Crippen molar-refractivity contribution >= 4 is 5.91 Å². The van der Waals surface area contributed by atoms with Gasteiger partial charge < -0.3 is 14.6 Å². The topological polar surface area (TPSA) is 82.2 Å². The number of aromatic nitrogens is 3. The van der Waals surface area contributed by atoms with Crippen LogP contribution in [0.2, 0.25) is 0 Å². The first-order chi connectivity index (χ1) is 12.5. The lowest BCUT2D eigenvalue weighted by molar-refractivity contribution is 0.0926. The summed E-state index contributed by atoms with van der Waals surface area (Å²) in [5.74, 6) is 1.03. The third-order valence-corrected chi connectivity index (χ3v) is 4.25. The van der Waals surface area contributed by atoms with Gasteiger partial charge in [-0.3, -0.25) is 9.48 Å². The zero-order valence-corrected chi connectivity index (χ0v) is 15.3. The highest BCUT2D eigenvalue weighted by Crippen LogP contribution is 2.24. The predicted molar refractivity (Wildman–Crippen MR) is 96.9 cm³/mol. The molecule has 26 heavy (non-hydrogen) atoms. The molecule has 0 spiro atoms. The summed E-state index contributed by atoms with van der Waals surface area (Å²) in [4.78, 5) is 12.6. The molecule has 7 nitrogen and oxygen atoms in total. The third-order valence-electron chi connectivity index (χ3n) is 4.25. The van der Waals surface area contributed by atoms with E-state index < -0.39 is 0 Å². The predicted octanol–water partition coefficient (Wildman–Crippen LogP) is 3.27. The van der Waals surface area contributed by atoms with Crippen molar-refractivity contribution in [2.24, 2.45) is 7.05 Å². The zero-order chi connectivity index (χ0) is 18.7. The van der Waals surface area contributed by atoms with Crippen LogP contribution in [0.1, 0.15) is 41.1 Å². The van der Waals surface area contributed by atoms with Crippen LogP contribution in [0.4, 0.5) is 0 Å². The van der Waals surface area contributed by atoms with Gasteiger partial charge in [0.25, 0.3) is 5.91 Å². The molecule has 0 fully saturated rings. The Morgan fingerprint density at radius 1 is 1.35 bits per heavy atom. The molecular formula is C19H22N4O3. The molecule has 3 rings (SSSR count). The lowest BCUT2D eigenvalue weighted by atomic mass is 10.0. The Morgan fingerprint density at radius 3 is 2.65 bits per heavy atom.